The van der Waals surface area contributed by atoms with E-state index < -0.39 is 0 Å². The van der Waals surface area contributed by atoms with Crippen LogP contribution >= 0.6 is 0 Å². The van der Waals surface area contributed by atoms with Crippen molar-refractivity contribution < 1.29 is 9.21 Å². The molecule has 1 heterocycles. The second kappa shape index (κ2) is 5.60. The second-order valence-electron chi connectivity index (χ2n) is 3.61. The molecule has 0 saturated carbocycles. The number of hydrogen-bond acceptors (Lipinski definition) is 3. The third-order valence-corrected chi connectivity index (χ3v) is 2.35. The number of nitrogens with two attached hydrogens (primary N) is 1. The van der Waals surface area contributed by atoms with E-state index >= 15 is 0 Å². The largest absolute Gasteiger partial charge is 0.472 e. The Morgan fingerprint density at radius 2 is 2.43 bits per heavy atom. The molecule has 1 aromatic heterocycles. The maximum Gasteiger partial charge on any atom is 0.140 e. The average Bonchev–Trinajstić information content (AvgIpc) is 2.66. The van der Waals surface area contributed by atoms with Crippen LogP contribution in [0.15, 0.2) is 23.0 Å². The molecule has 0 fully saturated rings. The molecule has 3 nitrogen and oxygen atoms in total. The summed E-state index contributed by atoms with van der Waals surface area (Å²) in [6, 6.07) is 1.83. The number of hydrogen-bond donors (Lipinski definition) is 1. The van der Waals surface area contributed by atoms with Gasteiger partial charge in [-0.1, -0.05) is 6.92 Å². The minimum Gasteiger partial charge on any atom is -0.472 e. The van der Waals surface area contributed by atoms with Gasteiger partial charge < -0.3 is 10.2 Å². The van der Waals surface area contributed by atoms with Crippen LogP contribution in [-0.2, 0) is 11.2 Å². The Bertz CT molecular complexity index is 267. The summed E-state index contributed by atoms with van der Waals surface area (Å²) in [4.78, 5) is 11.6. The predicted octanol–water partition coefficient (Wildman–Crippen LogP) is 1.77. The molecule has 1 atom stereocenters. The van der Waals surface area contributed by atoms with Crippen molar-refractivity contribution in [3.63, 3.8) is 0 Å². The van der Waals surface area contributed by atoms with Crippen molar-refractivity contribution in [1.82, 2.24) is 0 Å². The van der Waals surface area contributed by atoms with Gasteiger partial charge in [0.2, 0.25) is 0 Å². The molecule has 0 bridgehead atoms. The topological polar surface area (TPSA) is 56.2 Å². The first-order valence-electron chi connectivity index (χ1n) is 4.98. The minimum absolute atomic E-state index is 0.105. The molecule has 2 N–H and O–H groups in total. The fourth-order valence-electron chi connectivity index (χ4n) is 1.35. The van der Waals surface area contributed by atoms with Crippen LogP contribution in [0.3, 0.4) is 0 Å². The number of carbonyl (C=O) groups is 1. The zero-order chi connectivity index (χ0) is 10.4. The molecule has 0 radical (unpaired) electrons. The van der Waals surface area contributed by atoms with E-state index in [1.165, 1.54) is 0 Å². The smallest absolute Gasteiger partial charge is 0.140 e. The normalized spacial score (nSPS) is 12.7. The summed E-state index contributed by atoms with van der Waals surface area (Å²) >= 11 is 0. The van der Waals surface area contributed by atoms with Gasteiger partial charge in [-0.3, -0.25) is 4.79 Å². The first-order chi connectivity index (χ1) is 6.74. The van der Waals surface area contributed by atoms with E-state index in [1.807, 2.05) is 13.0 Å². The Morgan fingerprint density at radius 1 is 1.64 bits per heavy atom. The maximum absolute atomic E-state index is 11.6. The number of ketones is 1. The van der Waals surface area contributed by atoms with E-state index in [-0.39, 0.29) is 11.7 Å². The fourth-order valence-corrected chi connectivity index (χ4v) is 1.35. The van der Waals surface area contributed by atoms with E-state index in [9.17, 15) is 4.79 Å². The van der Waals surface area contributed by atoms with Crippen LogP contribution in [0.5, 0.6) is 0 Å². The predicted molar refractivity (Wildman–Crippen MR) is 54.9 cm³/mol. The second-order valence-corrected chi connectivity index (χ2v) is 3.61. The maximum atomic E-state index is 11.6. The van der Waals surface area contributed by atoms with Gasteiger partial charge in [-0.2, -0.15) is 0 Å². The first-order valence-corrected chi connectivity index (χ1v) is 4.98. The van der Waals surface area contributed by atoms with E-state index in [0.29, 0.717) is 13.0 Å². The quantitative estimate of drug-likeness (QED) is 0.752. The Kier molecular flexibility index (Phi) is 4.40. The van der Waals surface area contributed by atoms with Gasteiger partial charge in [0.15, 0.2) is 0 Å². The highest BCUT2D eigenvalue weighted by molar-refractivity contribution is 5.82. The van der Waals surface area contributed by atoms with Gasteiger partial charge in [0.25, 0.3) is 0 Å². The van der Waals surface area contributed by atoms with Gasteiger partial charge in [-0.25, -0.2) is 0 Å². The Labute approximate surface area is 84.3 Å². The lowest BCUT2D eigenvalue weighted by Gasteiger charge is -2.08. The van der Waals surface area contributed by atoms with Crippen molar-refractivity contribution in [2.24, 2.45) is 11.7 Å². The molecule has 0 aromatic carbocycles. The summed E-state index contributed by atoms with van der Waals surface area (Å²) in [6.07, 6.45) is 5.48. The molecule has 0 aliphatic rings. The molecule has 1 rings (SSSR count). The van der Waals surface area contributed by atoms with Gasteiger partial charge in [-0.15, -0.1) is 0 Å². The average molecular weight is 195 g/mol. The van der Waals surface area contributed by atoms with Crippen molar-refractivity contribution in [2.75, 3.05) is 6.54 Å². The lowest BCUT2D eigenvalue weighted by Crippen LogP contribution is -2.14. The highest BCUT2D eigenvalue weighted by Gasteiger charge is 2.13. The van der Waals surface area contributed by atoms with Crippen LogP contribution in [0.1, 0.15) is 25.3 Å². The van der Waals surface area contributed by atoms with Crippen molar-refractivity contribution in [2.45, 2.75) is 26.2 Å². The highest BCUT2D eigenvalue weighted by Crippen LogP contribution is 2.11. The Balaban J connectivity index is 2.34. The molecule has 78 valence electrons. The first kappa shape index (κ1) is 11.0. The lowest BCUT2D eigenvalue weighted by atomic mass is 9.96. The number of Topliss-reactive ketones (excluding diaryl/α,β-unsaturated/α-hetero) is 1. The monoisotopic (exact) mass is 195 g/mol. The number of carbonyl (C=O) groups excluding carboxylic acids is 1. The van der Waals surface area contributed by atoms with Crippen molar-refractivity contribution in [1.29, 1.82) is 0 Å². The molecule has 0 aliphatic heterocycles. The van der Waals surface area contributed by atoms with Crippen LogP contribution in [0.4, 0.5) is 0 Å². The SMILES string of the molecule is CC(CCCN)C(=O)Cc1ccoc1. The van der Waals surface area contributed by atoms with Gasteiger partial charge in [0.1, 0.15) is 5.78 Å². The van der Waals surface area contributed by atoms with Crippen molar-refractivity contribution >= 4 is 5.78 Å². The molecular weight excluding hydrogens is 178 g/mol. The minimum atomic E-state index is 0.105. The van der Waals surface area contributed by atoms with Gasteiger partial charge in [0.05, 0.1) is 12.5 Å². The molecule has 1 aromatic rings. The Hall–Kier alpha value is -1.09. The molecule has 0 amide bonds. The van der Waals surface area contributed by atoms with Gasteiger partial charge in [-0.05, 0) is 31.0 Å². The summed E-state index contributed by atoms with van der Waals surface area (Å²) in [5, 5.41) is 0. The van der Waals surface area contributed by atoms with Crippen LogP contribution in [-0.4, -0.2) is 12.3 Å². The molecule has 0 saturated heterocycles. The molecule has 3 heteroatoms. The standard InChI is InChI=1S/C11H17NO2/c1-9(3-2-5-12)11(13)7-10-4-6-14-8-10/h4,6,8-9H,2-3,5,7,12H2,1H3. The van der Waals surface area contributed by atoms with Crippen LogP contribution < -0.4 is 5.73 Å². The molecular formula is C11H17NO2. The third kappa shape index (κ3) is 3.34. The van der Waals surface area contributed by atoms with Crippen molar-refractivity contribution in [3.8, 4) is 0 Å². The van der Waals surface area contributed by atoms with E-state index in [4.69, 9.17) is 10.2 Å². The van der Waals surface area contributed by atoms with Crippen molar-refractivity contribution in [3.05, 3.63) is 24.2 Å². The fraction of sp³-hybridized carbons (Fsp3) is 0.545. The molecule has 14 heavy (non-hydrogen) atoms. The van der Waals surface area contributed by atoms with E-state index in [1.54, 1.807) is 12.5 Å². The zero-order valence-electron chi connectivity index (χ0n) is 8.53. The molecule has 1 unspecified atom stereocenters. The third-order valence-electron chi connectivity index (χ3n) is 2.35. The lowest BCUT2D eigenvalue weighted by molar-refractivity contribution is -0.121. The van der Waals surface area contributed by atoms with Crippen LogP contribution in [0.2, 0.25) is 0 Å². The number of rotatable bonds is 6. The summed E-state index contributed by atoms with van der Waals surface area (Å²) in [5.41, 5.74) is 6.34. The molecule has 0 spiro atoms. The summed E-state index contributed by atoms with van der Waals surface area (Å²) in [7, 11) is 0. The van der Waals surface area contributed by atoms with Gasteiger partial charge >= 0.3 is 0 Å². The van der Waals surface area contributed by atoms with Gasteiger partial charge in [0, 0.05) is 12.3 Å². The summed E-state index contributed by atoms with van der Waals surface area (Å²) in [6.45, 7) is 2.61. The molecule has 0 aliphatic carbocycles. The van der Waals surface area contributed by atoms with E-state index in [2.05, 4.69) is 0 Å². The Morgan fingerprint density at radius 3 is 3.00 bits per heavy atom. The van der Waals surface area contributed by atoms with Crippen LogP contribution in [0, 0.1) is 5.92 Å². The van der Waals surface area contributed by atoms with Crippen LogP contribution in [0.25, 0.3) is 0 Å². The van der Waals surface area contributed by atoms with E-state index in [0.717, 1.165) is 18.4 Å². The summed E-state index contributed by atoms with van der Waals surface area (Å²) < 4.78 is 4.90. The summed E-state index contributed by atoms with van der Waals surface area (Å²) in [5.74, 6) is 0.369. The highest BCUT2D eigenvalue weighted by atomic mass is 16.3. The number of furan rings is 1. The zero-order valence-corrected chi connectivity index (χ0v) is 8.53.